The van der Waals surface area contributed by atoms with Gasteiger partial charge < -0.3 is 16.0 Å². The van der Waals surface area contributed by atoms with Crippen molar-refractivity contribution in [1.82, 2.24) is 15.0 Å². The number of hydrogen-bond donors (Lipinski definition) is 3. The Hall–Kier alpha value is -3.14. The number of halogens is 2. The van der Waals surface area contributed by atoms with E-state index in [1.165, 1.54) is 4.57 Å². The lowest BCUT2D eigenvalue weighted by atomic mass is 10.0. The number of nitrogens with zero attached hydrogens (tertiary/aromatic N) is 2. The van der Waals surface area contributed by atoms with E-state index >= 15 is 0 Å². The number of fused-ring (bicyclic) bond motifs is 1. The number of nitrogens with two attached hydrogens (primary N) is 2. The maximum absolute atomic E-state index is 13.4. The first-order valence-corrected chi connectivity index (χ1v) is 10.0. The van der Waals surface area contributed by atoms with Crippen molar-refractivity contribution in [3.63, 3.8) is 0 Å². The third-order valence-electron chi connectivity index (χ3n) is 4.59. The molecule has 0 saturated heterocycles. The molecule has 2 aromatic rings. The zero-order valence-electron chi connectivity index (χ0n) is 17.2. The van der Waals surface area contributed by atoms with Gasteiger partial charge in [-0.2, -0.15) is 0 Å². The maximum atomic E-state index is 13.4. The number of rotatable bonds is 9. The number of benzene rings is 1. The monoisotopic (exact) mass is 453 g/mol. The summed E-state index contributed by atoms with van der Waals surface area (Å²) >= 11 is 5.24. The van der Waals surface area contributed by atoms with Gasteiger partial charge in [-0.25, -0.2) is 9.40 Å². The number of carbonyl (C=O) groups is 4. The number of carbonyl (C=O) groups excluding carboxylic acids is 4. The molecule has 0 radical (unpaired) electrons. The molecule has 11 heteroatoms. The van der Waals surface area contributed by atoms with Crippen LogP contribution in [0.5, 0.6) is 0 Å². The van der Waals surface area contributed by atoms with E-state index in [4.69, 9.17) is 23.1 Å². The lowest BCUT2D eigenvalue weighted by molar-refractivity contribution is -0.145. The van der Waals surface area contributed by atoms with Crippen molar-refractivity contribution in [3.8, 4) is 0 Å². The van der Waals surface area contributed by atoms with E-state index in [1.807, 2.05) is 13.8 Å². The van der Waals surface area contributed by atoms with Gasteiger partial charge in [0.15, 0.2) is 0 Å². The lowest BCUT2D eigenvalue weighted by Gasteiger charge is -2.28. The normalized spacial score (nSPS) is 13.1. The topological polar surface area (TPSA) is 141 Å². The number of aromatic nitrogens is 1. The van der Waals surface area contributed by atoms with Crippen LogP contribution in [0, 0.1) is 5.92 Å². The Labute approximate surface area is 183 Å². The van der Waals surface area contributed by atoms with E-state index in [9.17, 15) is 23.6 Å². The Kier molecular flexibility index (Phi) is 7.98. The zero-order chi connectivity index (χ0) is 23.3. The number of amides is 4. The fourth-order valence-corrected chi connectivity index (χ4v) is 3.36. The Balaban J connectivity index is 2.48. The van der Waals surface area contributed by atoms with Crippen molar-refractivity contribution in [1.29, 1.82) is 0 Å². The molecular formula is C20H25ClFN5O4. The molecule has 1 heterocycles. The van der Waals surface area contributed by atoms with Gasteiger partial charge in [0.1, 0.15) is 11.7 Å². The van der Waals surface area contributed by atoms with E-state index in [1.54, 1.807) is 30.3 Å². The van der Waals surface area contributed by atoms with Crippen molar-refractivity contribution in [3.05, 3.63) is 36.0 Å². The average molecular weight is 454 g/mol. The zero-order valence-corrected chi connectivity index (χ0v) is 17.9. The Morgan fingerprint density at radius 1 is 1.19 bits per heavy atom. The summed E-state index contributed by atoms with van der Waals surface area (Å²) in [5.74, 6) is -3.42. The summed E-state index contributed by atoms with van der Waals surface area (Å²) < 4.78 is 14.9. The molecule has 1 aromatic heterocycles. The maximum Gasteiger partial charge on any atom is 0.291 e. The van der Waals surface area contributed by atoms with Gasteiger partial charge in [-0.15, -0.1) is 0 Å². The van der Waals surface area contributed by atoms with Crippen molar-refractivity contribution in [2.75, 3.05) is 6.54 Å². The second kappa shape index (κ2) is 10.3. The van der Waals surface area contributed by atoms with Gasteiger partial charge >= 0.3 is 0 Å². The van der Waals surface area contributed by atoms with Crippen LogP contribution in [0.3, 0.4) is 0 Å². The third kappa shape index (κ3) is 5.94. The van der Waals surface area contributed by atoms with Gasteiger partial charge in [0.2, 0.25) is 5.91 Å². The summed E-state index contributed by atoms with van der Waals surface area (Å²) in [5, 5.41) is 1.32. The van der Waals surface area contributed by atoms with Crippen molar-refractivity contribution in [2.24, 2.45) is 17.4 Å². The summed E-state index contributed by atoms with van der Waals surface area (Å²) in [6.45, 7) is 3.39. The smallest absolute Gasteiger partial charge is 0.291 e. The molecule has 2 atom stereocenters. The second-order valence-corrected chi connectivity index (χ2v) is 7.83. The highest BCUT2D eigenvalue weighted by Crippen LogP contribution is 2.28. The molecule has 0 bridgehead atoms. The molecule has 0 saturated carbocycles. The molecule has 1 aromatic carbocycles. The van der Waals surface area contributed by atoms with Crippen LogP contribution in [-0.4, -0.2) is 45.4 Å². The molecule has 2 rings (SSSR count). The number of nitrogens with one attached hydrogen (secondary N) is 1. The SMILES string of the molecule is CC(C)C[C@@H](C(=O)NN(CCC(N)=O)C(=O)[C@@H](F)Cl)n1c(C(N)=O)cc2ccccc21. The predicted molar refractivity (Wildman–Crippen MR) is 113 cm³/mol. The quantitative estimate of drug-likeness (QED) is 0.391. The molecule has 0 aliphatic heterocycles. The van der Waals surface area contributed by atoms with Crippen molar-refractivity contribution < 1.29 is 23.6 Å². The fourth-order valence-electron chi connectivity index (χ4n) is 3.25. The summed E-state index contributed by atoms with van der Waals surface area (Å²) in [4.78, 5) is 48.5. The van der Waals surface area contributed by atoms with E-state index in [0.717, 1.165) is 0 Å². The van der Waals surface area contributed by atoms with E-state index < -0.39 is 35.3 Å². The largest absolute Gasteiger partial charge is 0.370 e. The van der Waals surface area contributed by atoms with Crippen LogP contribution in [0.1, 0.15) is 43.2 Å². The van der Waals surface area contributed by atoms with Crippen LogP contribution >= 0.6 is 11.6 Å². The molecule has 0 aliphatic carbocycles. The first kappa shape index (κ1) is 24.1. The highest BCUT2D eigenvalue weighted by Gasteiger charge is 2.31. The van der Waals surface area contributed by atoms with Crippen LogP contribution in [0.15, 0.2) is 30.3 Å². The van der Waals surface area contributed by atoms with Crippen LogP contribution < -0.4 is 16.9 Å². The van der Waals surface area contributed by atoms with Crippen LogP contribution in [0.25, 0.3) is 10.9 Å². The number of primary amides is 2. The summed E-state index contributed by atoms with van der Waals surface area (Å²) in [6.07, 6.45) is -0.0357. The lowest BCUT2D eigenvalue weighted by Crippen LogP contribution is -2.51. The molecule has 5 N–H and O–H groups in total. The first-order chi connectivity index (χ1) is 14.5. The molecule has 0 unspecified atom stereocenters. The van der Waals surface area contributed by atoms with E-state index in [2.05, 4.69) is 5.43 Å². The fraction of sp³-hybridized carbons (Fsp3) is 0.400. The highest BCUT2D eigenvalue weighted by atomic mass is 35.5. The minimum absolute atomic E-state index is 0.00867. The summed E-state index contributed by atoms with van der Waals surface area (Å²) in [7, 11) is 0. The first-order valence-electron chi connectivity index (χ1n) is 9.61. The molecule has 4 amide bonds. The molecule has 9 nitrogen and oxygen atoms in total. The number of hydrazine groups is 1. The highest BCUT2D eigenvalue weighted by molar-refractivity contribution is 6.29. The van der Waals surface area contributed by atoms with Crippen LogP contribution in [0.4, 0.5) is 4.39 Å². The molecule has 0 fully saturated rings. The minimum Gasteiger partial charge on any atom is -0.370 e. The third-order valence-corrected chi connectivity index (χ3v) is 4.78. The Morgan fingerprint density at radius 2 is 1.84 bits per heavy atom. The predicted octanol–water partition coefficient (Wildman–Crippen LogP) is 1.60. The molecule has 31 heavy (non-hydrogen) atoms. The van der Waals surface area contributed by atoms with Gasteiger partial charge in [-0.05, 0) is 24.5 Å². The van der Waals surface area contributed by atoms with Crippen molar-refractivity contribution in [2.45, 2.75) is 38.4 Å². The number of hydrogen-bond acceptors (Lipinski definition) is 4. The van der Waals surface area contributed by atoms with Gasteiger partial charge in [0.25, 0.3) is 23.4 Å². The van der Waals surface area contributed by atoms with Crippen molar-refractivity contribution >= 4 is 46.1 Å². The second-order valence-electron chi connectivity index (χ2n) is 7.45. The van der Waals surface area contributed by atoms with Gasteiger partial charge in [0, 0.05) is 17.3 Å². The standard InChI is InChI=1S/C20H25ClFN5O4/c1-11(2)9-15(19(30)25-26(8-7-16(23)28)20(31)17(21)22)27-13-6-4-3-5-12(13)10-14(27)18(24)29/h3-6,10-11,15,17H,7-9H2,1-2H3,(H2,23,28)(H2,24,29)(H,25,30)/t15-,17+/m0/s1. The molecule has 168 valence electrons. The van der Waals surface area contributed by atoms with Gasteiger partial charge in [-0.1, -0.05) is 43.6 Å². The Bertz CT molecular complexity index is 991. The van der Waals surface area contributed by atoms with Gasteiger partial charge in [-0.3, -0.25) is 24.6 Å². The number of alkyl halides is 2. The Morgan fingerprint density at radius 3 is 2.39 bits per heavy atom. The van der Waals surface area contributed by atoms with Crippen LogP contribution in [0.2, 0.25) is 0 Å². The molecule has 0 aliphatic rings. The summed E-state index contributed by atoms with van der Waals surface area (Å²) in [5.41, 5.74) is 11.2. The van der Waals surface area contributed by atoms with Crippen LogP contribution in [-0.2, 0) is 14.4 Å². The summed E-state index contributed by atoms with van der Waals surface area (Å²) in [6, 6.07) is 7.64. The molecule has 0 spiro atoms. The number of para-hydroxylation sites is 1. The van der Waals surface area contributed by atoms with E-state index in [-0.39, 0.29) is 31.0 Å². The molecular weight excluding hydrogens is 429 g/mol. The minimum atomic E-state index is -2.43. The average Bonchev–Trinajstić information content (AvgIpc) is 3.07. The van der Waals surface area contributed by atoms with E-state index in [0.29, 0.717) is 15.9 Å². The van der Waals surface area contributed by atoms with Gasteiger partial charge in [0.05, 0.1) is 6.54 Å².